The second-order valence-corrected chi connectivity index (χ2v) is 5.61. The predicted molar refractivity (Wildman–Crippen MR) is 80.0 cm³/mol. The first-order valence-corrected chi connectivity index (χ1v) is 7.36. The highest BCUT2D eigenvalue weighted by Crippen LogP contribution is 2.19. The standard InChI is InChI=1S/C16H24N2O2/c1-14(15-5-3-2-4-6-15)7-8-17-9-11-18(12-10-17)13-16(19)20/h2-6,14H,7-13H2,1H3,(H,19,20). The molecule has 4 nitrogen and oxygen atoms in total. The summed E-state index contributed by atoms with van der Waals surface area (Å²) in [6.07, 6.45) is 1.16. The largest absolute Gasteiger partial charge is 0.480 e. The first-order valence-electron chi connectivity index (χ1n) is 7.36. The lowest BCUT2D eigenvalue weighted by Gasteiger charge is -2.34. The molecule has 1 heterocycles. The zero-order valence-corrected chi connectivity index (χ0v) is 12.2. The normalized spacial score (nSPS) is 18.9. The van der Waals surface area contributed by atoms with Gasteiger partial charge in [-0.15, -0.1) is 0 Å². The maximum Gasteiger partial charge on any atom is 0.317 e. The lowest BCUT2D eigenvalue weighted by Crippen LogP contribution is -2.48. The Labute approximate surface area is 121 Å². The van der Waals surface area contributed by atoms with Gasteiger partial charge in [-0.05, 0) is 24.4 Å². The van der Waals surface area contributed by atoms with E-state index in [1.807, 2.05) is 4.90 Å². The van der Waals surface area contributed by atoms with Gasteiger partial charge in [-0.3, -0.25) is 9.69 Å². The number of carbonyl (C=O) groups is 1. The Balaban J connectivity index is 1.70. The van der Waals surface area contributed by atoms with Gasteiger partial charge in [0, 0.05) is 26.2 Å². The molecule has 1 saturated heterocycles. The Morgan fingerprint density at radius 3 is 2.35 bits per heavy atom. The molecule has 0 aromatic heterocycles. The van der Waals surface area contributed by atoms with Gasteiger partial charge in [-0.25, -0.2) is 0 Å². The number of carboxylic acid groups (broad SMARTS) is 1. The summed E-state index contributed by atoms with van der Waals surface area (Å²) in [5, 5.41) is 8.78. The van der Waals surface area contributed by atoms with E-state index in [2.05, 4.69) is 42.2 Å². The van der Waals surface area contributed by atoms with E-state index in [9.17, 15) is 4.79 Å². The second-order valence-electron chi connectivity index (χ2n) is 5.61. The molecule has 1 N–H and O–H groups in total. The summed E-state index contributed by atoms with van der Waals surface area (Å²) in [6.45, 7) is 7.24. The number of benzene rings is 1. The van der Waals surface area contributed by atoms with E-state index >= 15 is 0 Å². The van der Waals surface area contributed by atoms with E-state index in [1.165, 1.54) is 5.56 Å². The maximum atomic E-state index is 10.7. The molecule has 1 aliphatic heterocycles. The van der Waals surface area contributed by atoms with Gasteiger partial charge < -0.3 is 10.0 Å². The molecule has 2 rings (SSSR count). The predicted octanol–water partition coefficient (Wildman–Crippen LogP) is 1.88. The van der Waals surface area contributed by atoms with Gasteiger partial charge in [-0.1, -0.05) is 37.3 Å². The third-order valence-electron chi connectivity index (χ3n) is 4.07. The summed E-state index contributed by atoms with van der Waals surface area (Å²) >= 11 is 0. The van der Waals surface area contributed by atoms with Gasteiger partial charge >= 0.3 is 5.97 Å². The van der Waals surface area contributed by atoms with E-state index in [0.29, 0.717) is 5.92 Å². The van der Waals surface area contributed by atoms with Gasteiger partial charge in [0.15, 0.2) is 0 Å². The summed E-state index contributed by atoms with van der Waals surface area (Å²) in [5.41, 5.74) is 1.40. The van der Waals surface area contributed by atoms with Crippen LogP contribution in [0.15, 0.2) is 30.3 Å². The van der Waals surface area contributed by atoms with Crippen LogP contribution in [0.25, 0.3) is 0 Å². The molecule has 1 aliphatic rings. The number of rotatable bonds is 6. The molecule has 4 heteroatoms. The van der Waals surface area contributed by atoms with E-state index in [0.717, 1.165) is 39.1 Å². The number of hydrogen-bond donors (Lipinski definition) is 1. The van der Waals surface area contributed by atoms with Crippen LogP contribution in [-0.2, 0) is 4.79 Å². The fraction of sp³-hybridized carbons (Fsp3) is 0.562. The van der Waals surface area contributed by atoms with Gasteiger partial charge in [0.25, 0.3) is 0 Å². The number of hydrogen-bond acceptors (Lipinski definition) is 3. The summed E-state index contributed by atoms with van der Waals surface area (Å²) in [7, 11) is 0. The minimum atomic E-state index is -0.726. The first kappa shape index (κ1) is 15.0. The Bertz CT molecular complexity index is 414. The Hall–Kier alpha value is -1.39. The molecule has 0 bridgehead atoms. The smallest absolute Gasteiger partial charge is 0.317 e. The average molecular weight is 276 g/mol. The summed E-state index contributed by atoms with van der Waals surface area (Å²) in [6, 6.07) is 10.6. The molecule has 0 spiro atoms. The van der Waals surface area contributed by atoms with Crippen LogP contribution in [0.1, 0.15) is 24.8 Å². The number of carboxylic acids is 1. The SMILES string of the molecule is CC(CCN1CCN(CC(=O)O)CC1)c1ccccc1. The quantitative estimate of drug-likeness (QED) is 0.861. The molecule has 110 valence electrons. The van der Waals surface area contributed by atoms with Crippen molar-refractivity contribution in [3.05, 3.63) is 35.9 Å². The zero-order chi connectivity index (χ0) is 14.4. The minimum Gasteiger partial charge on any atom is -0.480 e. The summed E-state index contributed by atoms with van der Waals surface area (Å²) in [4.78, 5) is 15.1. The van der Waals surface area contributed by atoms with Crippen molar-refractivity contribution < 1.29 is 9.90 Å². The van der Waals surface area contributed by atoms with Crippen molar-refractivity contribution in [2.24, 2.45) is 0 Å². The maximum absolute atomic E-state index is 10.7. The molecule has 1 fully saturated rings. The van der Waals surface area contributed by atoms with Crippen molar-refractivity contribution in [2.75, 3.05) is 39.3 Å². The zero-order valence-electron chi connectivity index (χ0n) is 12.2. The van der Waals surface area contributed by atoms with Crippen LogP contribution in [-0.4, -0.2) is 60.1 Å². The second kappa shape index (κ2) is 7.41. The van der Waals surface area contributed by atoms with Crippen molar-refractivity contribution in [3.63, 3.8) is 0 Å². The topological polar surface area (TPSA) is 43.8 Å². The molecule has 1 atom stereocenters. The Morgan fingerprint density at radius 1 is 1.15 bits per heavy atom. The molecular formula is C16H24N2O2. The van der Waals surface area contributed by atoms with Crippen molar-refractivity contribution >= 4 is 5.97 Å². The Morgan fingerprint density at radius 2 is 1.75 bits per heavy atom. The molecule has 0 amide bonds. The lowest BCUT2D eigenvalue weighted by molar-refractivity contribution is -0.138. The average Bonchev–Trinajstić information content (AvgIpc) is 2.46. The van der Waals surface area contributed by atoms with Gasteiger partial charge in [-0.2, -0.15) is 0 Å². The third kappa shape index (κ3) is 4.62. The first-order chi connectivity index (χ1) is 9.65. The van der Waals surface area contributed by atoms with Crippen LogP contribution in [0.3, 0.4) is 0 Å². The Kier molecular flexibility index (Phi) is 5.56. The monoisotopic (exact) mass is 276 g/mol. The molecular weight excluding hydrogens is 252 g/mol. The summed E-state index contributed by atoms with van der Waals surface area (Å²) in [5.74, 6) is -0.149. The van der Waals surface area contributed by atoms with Crippen LogP contribution in [0.2, 0.25) is 0 Å². The van der Waals surface area contributed by atoms with E-state index in [4.69, 9.17) is 5.11 Å². The third-order valence-corrected chi connectivity index (χ3v) is 4.07. The van der Waals surface area contributed by atoms with Crippen molar-refractivity contribution in [1.29, 1.82) is 0 Å². The van der Waals surface area contributed by atoms with Crippen molar-refractivity contribution in [2.45, 2.75) is 19.3 Å². The molecule has 1 aromatic carbocycles. The molecule has 1 unspecified atom stereocenters. The highest BCUT2D eigenvalue weighted by atomic mass is 16.4. The number of nitrogens with zero attached hydrogens (tertiary/aromatic N) is 2. The molecule has 0 radical (unpaired) electrons. The molecule has 20 heavy (non-hydrogen) atoms. The van der Waals surface area contributed by atoms with Gasteiger partial charge in [0.2, 0.25) is 0 Å². The van der Waals surface area contributed by atoms with Crippen molar-refractivity contribution in [3.8, 4) is 0 Å². The lowest BCUT2D eigenvalue weighted by atomic mass is 9.97. The highest BCUT2D eigenvalue weighted by molar-refractivity contribution is 5.69. The molecule has 1 aromatic rings. The van der Waals surface area contributed by atoms with E-state index in [-0.39, 0.29) is 6.54 Å². The van der Waals surface area contributed by atoms with Gasteiger partial charge in [0.1, 0.15) is 0 Å². The van der Waals surface area contributed by atoms with Crippen LogP contribution in [0.4, 0.5) is 0 Å². The molecule has 0 saturated carbocycles. The highest BCUT2D eigenvalue weighted by Gasteiger charge is 2.18. The van der Waals surface area contributed by atoms with Crippen molar-refractivity contribution in [1.82, 2.24) is 9.80 Å². The van der Waals surface area contributed by atoms with Crippen LogP contribution >= 0.6 is 0 Å². The number of piperazine rings is 1. The van der Waals surface area contributed by atoms with E-state index < -0.39 is 5.97 Å². The minimum absolute atomic E-state index is 0.175. The van der Waals surface area contributed by atoms with Gasteiger partial charge in [0.05, 0.1) is 6.54 Å². The van der Waals surface area contributed by atoms with E-state index in [1.54, 1.807) is 0 Å². The fourth-order valence-electron chi connectivity index (χ4n) is 2.69. The summed E-state index contributed by atoms with van der Waals surface area (Å²) < 4.78 is 0. The van der Waals surface area contributed by atoms with Crippen LogP contribution in [0.5, 0.6) is 0 Å². The van der Waals surface area contributed by atoms with Crippen LogP contribution < -0.4 is 0 Å². The number of aliphatic carboxylic acids is 1. The molecule has 0 aliphatic carbocycles. The van der Waals surface area contributed by atoms with Crippen LogP contribution in [0, 0.1) is 0 Å². The fourth-order valence-corrected chi connectivity index (χ4v) is 2.69.